The van der Waals surface area contributed by atoms with Gasteiger partial charge in [0.05, 0.1) is 31.5 Å². The Balaban J connectivity index is 1.67. The molecule has 0 saturated carbocycles. The van der Waals surface area contributed by atoms with Crippen molar-refractivity contribution >= 4 is 17.5 Å². The van der Waals surface area contributed by atoms with Gasteiger partial charge in [-0.25, -0.2) is 0 Å². The number of nitrogens with one attached hydrogen (secondary N) is 2. The van der Waals surface area contributed by atoms with Crippen LogP contribution in [0.15, 0.2) is 72.8 Å². The number of methoxy groups -OCH3 is 2. The highest BCUT2D eigenvalue weighted by Crippen LogP contribution is 2.36. The second-order valence-corrected chi connectivity index (χ2v) is 6.98. The van der Waals surface area contributed by atoms with E-state index in [-0.39, 0.29) is 18.6 Å². The predicted octanol–water partition coefficient (Wildman–Crippen LogP) is 4.21. The summed E-state index contributed by atoms with van der Waals surface area (Å²) in [6.45, 7) is 1.62. The summed E-state index contributed by atoms with van der Waals surface area (Å²) in [5, 5.41) is 5.70. The SMILES string of the molecule is COc1cccc(OC)c1OCC(=O)Nc1ccccc1C(=O)NC(C)c1ccccc1. The van der Waals surface area contributed by atoms with Crippen molar-refractivity contribution in [2.45, 2.75) is 13.0 Å². The Morgan fingerprint density at radius 3 is 2.12 bits per heavy atom. The van der Waals surface area contributed by atoms with Crippen molar-refractivity contribution in [1.82, 2.24) is 5.32 Å². The lowest BCUT2D eigenvalue weighted by Crippen LogP contribution is -2.28. The number of carbonyl (C=O) groups excluding carboxylic acids is 2. The molecule has 0 bridgehead atoms. The lowest BCUT2D eigenvalue weighted by molar-refractivity contribution is -0.118. The molecular formula is C25H26N2O5. The van der Waals surface area contributed by atoms with E-state index in [2.05, 4.69) is 10.6 Å². The van der Waals surface area contributed by atoms with E-state index in [9.17, 15) is 9.59 Å². The molecule has 0 spiro atoms. The molecule has 0 fully saturated rings. The van der Waals surface area contributed by atoms with Gasteiger partial charge in [0.25, 0.3) is 11.8 Å². The third-order valence-corrected chi connectivity index (χ3v) is 4.82. The molecule has 0 aliphatic rings. The second-order valence-electron chi connectivity index (χ2n) is 6.98. The first-order valence-electron chi connectivity index (χ1n) is 10.1. The van der Waals surface area contributed by atoms with E-state index in [0.29, 0.717) is 28.5 Å². The lowest BCUT2D eigenvalue weighted by Gasteiger charge is -2.17. The summed E-state index contributed by atoms with van der Waals surface area (Å²) in [5.41, 5.74) is 1.74. The number of anilines is 1. The number of hydrogen-bond acceptors (Lipinski definition) is 5. The van der Waals surface area contributed by atoms with Gasteiger partial charge in [-0.2, -0.15) is 0 Å². The van der Waals surface area contributed by atoms with Crippen molar-refractivity contribution in [1.29, 1.82) is 0 Å². The highest BCUT2D eigenvalue weighted by molar-refractivity contribution is 6.04. The topological polar surface area (TPSA) is 85.9 Å². The fourth-order valence-electron chi connectivity index (χ4n) is 3.17. The van der Waals surface area contributed by atoms with Crippen molar-refractivity contribution in [2.75, 3.05) is 26.1 Å². The number of para-hydroxylation sites is 2. The number of amides is 2. The minimum absolute atomic E-state index is 0.186. The molecule has 2 N–H and O–H groups in total. The summed E-state index contributed by atoms with van der Waals surface area (Å²) in [4.78, 5) is 25.4. The Labute approximate surface area is 187 Å². The number of rotatable bonds is 9. The second kappa shape index (κ2) is 10.9. The third kappa shape index (κ3) is 5.57. The summed E-state index contributed by atoms with van der Waals surface area (Å²) >= 11 is 0. The summed E-state index contributed by atoms with van der Waals surface area (Å²) in [7, 11) is 3.01. The maximum absolute atomic E-state index is 12.9. The molecule has 3 aromatic carbocycles. The van der Waals surface area contributed by atoms with Crippen LogP contribution < -0.4 is 24.8 Å². The van der Waals surface area contributed by atoms with E-state index in [1.54, 1.807) is 42.5 Å². The van der Waals surface area contributed by atoms with E-state index in [0.717, 1.165) is 5.56 Å². The fraction of sp³-hybridized carbons (Fsp3) is 0.200. The zero-order valence-electron chi connectivity index (χ0n) is 18.3. The highest BCUT2D eigenvalue weighted by atomic mass is 16.5. The summed E-state index contributed by atoms with van der Waals surface area (Å²) < 4.78 is 16.2. The fourth-order valence-corrected chi connectivity index (χ4v) is 3.17. The van der Waals surface area contributed by atoms with Gasteiger partial charge in [0.2, 0.25) is 5.75 Å². The Morgan fingerprint density at radius 2 is 1.47 bits per heavy atom. The molecule has 32 heavy (non-hydrogen) atoms. The maximum atomic E-state index is 12.9. The van der Waals surface area contributed by atoms with Crippen molar-refractivity contribution in [2.24, 2.45) is 0 Å². The first-order valence-corrected chi connectivity index (χ1v) is 10.1. The number of carbonyl (C=O) groups is 2. The van der Waals surface area contributed by atoms with E-state index in [1.165, 1.54) is 14.2 Å². The molecule has 166 valence electrons. The Bertz CT molecular complexity index is 1050. The van der Waals surface area contributed by atoms with Crippen molar-refractivity contribution in [3.63, 3.8) is 0 Å². The minimum Gasteiger partial charge on any atom is -0.493 e. The van der Waals surface area contributed by atoms with Gasteiger partial charge in [-0.05, 0) is 36.8 Å². The van der Waals surface area contributed by atoms with Crippen LogP contribution in [0, 0.1) is 0 Å². The lowest BCUT2D eigenvalue weighted by atomic mass is 10.1. The molecule has 0 aromatic heterocycles. The van der Waals surface area contributed by atoms with Crippen LogP contribution in [0.1, 0.15) is 28.9 Å². The quantitative estimate of drug-likeness (QED) is 0.527. The van der Waals surface area contributed by atoms with Crippen LogP contribution in [0.4, 0.5) is 5.69 Å². The normalized spacial score (nSPS) is 11.2. The van der Waals surface area contributed by atoms with Gasteiger partial charge >= 0.3 is 0 Å². The van der Waals surface area contributed by atoms with Crippen LogP contribution in [-0.2, 0) is 4.79 Å². The largest absolute Gasteiger partial charge is 0.493 e. The molecule has 0 aliphatic carbocycles. The molecule has 1 unspecified atom stereocenters. The zero-order valence-corrected chi connectivity index (χ0v) is 18.3. The van der Waals surface area contributed by atoms with Gasteiger partial charge in [-0.3, -0.25) is 9.59 Å². The Morgan fingerprint density at radius 1 is 0.844 bits per heavy atom. The molecule has 3 aromatic rings. The Hall–Kier alpha value is -4.00. The molecule has 7 heteroatoms. The summed E-state index contributed by atoms with van der Waals surface area (Å²) in [6, 6.07) is 21.5. The average molecular weight is 434 g/mol. The molecule has 2 amide bonds. The average Bonchev–Trinajstić information content (AvgIpc) is 2.83. The predicted molar refractivity (Wildman–Crippen MR) is 122 cm³/mol. The number of ether oxygens (including phenoxy) is 3. The summed E-state index contributed by atoms with van der Waals surface area (Å²) in [6.07, 6.45) is 0. The van der Waals surface area contributed by atoms with Crippen LogP contribution in [0.3, 0.4) is 0 Å². The van der Waals surface area contributed by atoms with Gasteiger partial charge in [-0.15, -0.1) is 0 Å². The van der Waals surface area contributed by atoms with Gasteiger partial charge in [0.1, 0.15) is 0 Å². The minimum atomic E-state index is -0.422. The first-order chi connectivity index (χ1) is 15.5. The van der Waals surface area contributed by atoms with E-state index in [1.807, 2.05) is 37.3 Å². The van der Waals surface area contributed by atoms with Crippen molar-refractivity contribution in [3.8, 4) is 17.2 Å². The third-order valence-electron chi connectivity index (χ3n) is 4.82. The zero-order chi connectivity index (χ0) is 22.9. The van der Waals surface area contributed by atoms with Crippen LogP contribution in [0.5, 0.6) is 17.2 Å². The van der Waals surface area contributed by atoms with Crippen LogP contribution in [0.25, 0.3) is 0 Å². The van der Waals surface area contributed by atoms with Gasteiger partial charge in [-0.1, -0.05) is 48.5 Å². The standard InChI is InChI=1S/C25H26N2O5/c1-17(18-10-5-4-6-11-18)26-25(29)19-12-7-8-13-20(19)27-23(28)16-32-24-21(30-2)14-9-15-22(24)31-3/h4-15,17H,16H2,1-3H3,(H,26,29)(H,27,28). The summed E-state index contributed by atoms with van der Waals surface area (Å²) in [5.74, 6) is 0.521. The van der Waals surface area contributed by atoms with Crippen LogP contribution in [-0.4, -0.2) is 32.6 Å². The number of hydrogen-bond donors (Lipinski definition) is 2. The highest BCUT2D eigenvalue weighted by Gasteiger charge is 2.17. The van der Waals surface area contributed by atoms with Crippen molar-refractivity contribution in [3.05, 3.63) is 83.9 Å². The van der Waals surface area contributed by atoms with Crippen LogP contribution >= 0.6 is 0 Å². The molecule has 0 aliphatic heterocycles. The van der Waals surface area contributed by atoms with Gasteiger partial charge < -0.3 is 24.8 Å². The van der Waals surface area contributed by atoms with Crippen molar-refractivity contribution < 1.29 is 23.8 Å². The maximum Gasteiger partial charge on any atom is 0.262 e. The van der Waals surface area contributed by atoms with E-state index >= 15 is 0 Å². The van der Waals surface area contributed by atoms with Crippen LogP contribution in [0.2, 0.25) is 0 Å². The van der Waals surface area contributed by atoms with E-state index < -0.39 is 5.91 Å². The molecule has 0 saturated heterocycles. The molecular weight excluding hydrogens is 408 g/mol. The smallest absolute Gasteiger partial charge is 0.262 e. The Kier molecular flexibility index (Phi) is 7.70. The van der Waals surface area contributed by atoms with Gasteiger partial charge in [0, 0.05) is 0 Å². The number of benzene rings is 3. The van der Waals surface area contributed by atoms with Gasteiger partial charge in [0.15, 0.2) is 18.1 Å². The molecule has 0 heterocycles. The monoisotopic (exact) mass is 434 g/mol. The van der Waals surface area contributed by atoms with E-state index in [4.69, 9.17) is 14.2 Å². The molecule has 1 atom stereocenters. The molecule has 7 nitrogen and oxygen atoms in total. The molecule has 3 rings (SSSR count). The molecule has 0 radical (unpaired) electrons. The first kappa shape index (κ1) is 22.7.